The Bertz CT molecular complexity index is 899. The number of hydrogen-bond acceptors (Lipinski definition) is 7. The molecule has 0 aliphatic carbocycles. The van der Waals surface area contributed by atoms with E-state index in [0.29, 0.717) is 30.2 Å². The van der Waals surface area contributed by atoms with E-state index in [0.717, 1.165) is 31.7 Å². The van der Waals surface area contributed by atoms with Crippen LogP contribution in [0, 0.1) is 11.3 Å². The quantitative estimate of drug-likeness (QED) is 0.842. The van der Waals surface area contributed by atoms with Gasteiger partial charge >= 0.3 is 0 Å². The Morgan fingerprint density at radius 3 is 2.79 bits per heavy atom. The zero-order chi connectivity index (χ0) is 19.8. The third-order valence-corrected chi connectivity index (χ3v) is 6.59. The Balaban J connectivity index is 1.28. The summed E-state index contributed by atoms with van der Waals surface area (Å²) in [4.78, 5) is 25.5. The van der Waals surface area contributed by atoms with Crippen molar-refractivity contribution in [1.82, 2.24) is 14.9 Å². The summed E-state index contributed by atoms with van der Waals surface area (Å²) >= 11 is 0. The number of fused-ring (bicyclic) bond motifs is 1. The van der Waals surface area contributed by atoms with Crippen molar-refractivity contribution < 1.29 is 19.4 Å². The first-order valence-electron chi connectivity index (χ1n) is 9.99. The van der Waals surface area contributed by atoms with Gasteiger partial charge in [-0.3, -0.25) is 4.79 Å². The van der Waals surface area contributed by atoms with Gasteiger partial charge in [0.25, 0.3) is 5.91 Å². The van der Waals surface area contributed by atoms with E-state index in [2.05, 4.69) is 14.9 Å². The van der Waals surface area contributed by atoms with E-state index in [9.17, 15) is 9.90 Å². The van der Waals surface area contributed by atoms with Gasteiger partial charge in [-0.25, -0.2) is 9.97 Å². The first-order chi connectivity index (χ1) is 14.2. The number of carbonyl (C=O) groups excluding carboxylic acids is 1. The summed E-state index contributed by atoms with van der Waals surface area (Å²) in [6.45, 7) is 3.34. The summed E-state index contributed by atoms with van der Waals surface area (Å²) in [7, 11) is 0. The molecule has 5 rings (SSSR count). The molecule has 1 spiro atoms. The largest absolute Gasteiger partial charge is 0.454 e. The number of piperidine rings is 1. The van der Waals surface area contributed by atoms with Crippen LogP contribution in [-0.4, -0.2) is 65.5 Å². The van der Waals surface area contributed by atoms with Gasteiger partial charge in [-0.2, -0.15) is 0 Å². The minimum atomic E-state index is 0.00532. The number of carbonyl (C=O) groups is 1. The zero-order valence-corrected chi connectivity index (χ0v) is 16.2. The molecule has 0 bridgehead atoms. The van der Waals surface area contributed by atoms with E-state index in [1.54, 1.807) is 30.7 Å². The maximum atomic E-state index is 13.0. The minimum Gasteiger partial charge on any atom is -0.454 e. The second-order valence-electron chi connectivity index (χ2n) is 8.05. The lowest BCUT2D eigenvalue weighted by atomic mass is 9.71. The summed E-state index contributed by atoms with van der Waals surface area (Å²) in [5, 5.41) is 10.0. The molecule has 2 saturated heterocycles. The van der Waals surface area contributed by atoms with Crippen LogP contribution in [0.2, 0.25) is 0 Å². The molecule has 3 aliphatic rings. The molecule has 29 heavy (non-hydrogen) atoms. The highest BCUT2D eigenvalue weighted by molar-refractivity contribution is 5.95. The molecule has 1 aromatic carbocycles. The maximum Gasteiger partial charge on any atom is 0.253 e. The monoisotopic (exact) mass is 396 g/mol. The van der Waals surface area contributed by atoms with Gasteiger partial charge in [0, 0.05) is 50.5 Å². The normalized spacial score (nSPS) is 22.3. The van der Waals surface area contributed by atoms with Crippen LogP contribution in [0.4, 0.5) is 5.82 Å². The molecule has 2 aromatic rings. The Kier molecular flexibility index (Phi) is 4.50. The second-order valence-corrected chi connectivity index (χ2v) is 8.05. The van der Waals surface area contributed by atoms with Crippen molar-refractivity contribution in [1.29, 1.82) is 0 Å². The van der Waals surface area contributed by atoms with E-state index in [-0.39, 0.29) is 30.6 Å². The number of hydrogen-bond donors (Lipinski definition) is 1. The van der Waals surface area contributed by atoms with Crippen molar-refractivity contribution in [2.24, 2.45) is 11.3 Å². The Hall–Kier alpha value is -2.87. The second kappa shape index (κ2) is 7.18. The van der Waals surface area contributed by atoms with Gasteiger partial charge in [0.2, 0.25) is 6.79 Å². The van der Waals surface area contributed by atoms with Gasteiger partial charge in [0.05, 0.1) is 0 Å². The molecule has 0 saturated carbocycles. The van der Waals surface area contributed by atoms with Gasteiger partial charge in [0.1, 0.15) is 12.1 Å². The van der Waals surface area contributed by atoms with Crippen molar-refractivity contribution in [3.8, 4) is 11.5 Å². The van der Waals surface area contributed by atoms with Crippen LogP contribution >= 0.6 is 0 Å². The van der Waals surface area contributed by atoms with Crippen LogP contribution < -0.4 is 14.4 Å². The van der Waals surface area contributed by atoms with Crippen LogP contribution in [-0.2, 0) is 0 Å². The van der Waals surface area contributed by atoms with Crippen LogP contribution in [0.15, 0.2) is 36.8 Å². The molecule has 1 atom stereocenters. The zero-order valence-electron chi connectivity index (χ0n) is 16.2. The van der Waals surface area contributed by atoms with Gasteiger partial charge in [-0.05, 0) is 42.5 Å². The number of aliphatic hydroxyl groups is 1. The van der Waals surface area contributed by atoms with Crippen LogP contribution in [0.3, 0.4) is 0 Å². The molecule has 1 amide bonds. The average molecular weight is 396 g/mol. The molecule has 2 fully saturated rings. The summed E-state index contributed by atoms with van der Waals surface area (Å²) in [6.07, 6.45) is 5.04. The molecule has 152 valence electrons. The summed E-state index contributed by atoms with van der Waals surface area (Å²) in [6, 6.07) is 7.26. The van der Waals surface area contributed by atoms with E-state index in [1.807, 2.05) is 11.0 Å². The molecular weight excluding hydrogens is 372 g/mol. The number of benzene rings is 1. The molecule has 0 radical (unpaired) electrons. The highest BCUT2D eigenvalue weighted by Gasteiger charge is 2.48. The maximum absolute atomic E-state index is 13.0. The molecular formula is C21H24N4O4. The standard InChI is InChI=1S/C21H24N4O4/c26-11-16-10-25(19-3-6-22-13-23-19)12-21(16)4-7-24(8-5-21)20(27)15-1-2-17-18(9-15)29-14-28-17/h1-3,6,9,13,16,26H,4-5,7-8,10-12,14H2. The van der Waals surface area contributed by atoms with Crippen molar-refractivity contribution in [3.63, 3.8) is 0 Å². The molecule has 3 aliphatic heterocycles. The first-order valence-corrected chi connectivity index (χ1v) is 9.99. The van der Waals surface area contributed by atoms with Crippen molar-refractivity contribution in [3.05, 3.63) is 42.4 Å². The predicted molar refractivity (Wildman–Crippen MR) is 105 cm³/mol. The van der Waals surface area contributed by atoms with Gasteiger partial charge in [-0.15, -0.1) is 0 Å². The number of likely N-dealkylation sites (tertiary alicyclic amines) is 1. The Morgan fingerprint density at radius 2 is 2.03 bits per heavy atom. The van der Waals surface area contributed by atoms with Crippen LogP contribution in [0.25, 0.3) is 0 Å². The molecule has 4 heterocycles. The SMILES string of the molecule is O=C(c1ccc2c(c1)OCO2)N1CCC2(CC1)CN(c1ccncn1)CC2CO. The van der Waals surface area contributed by atoms with Gasteiger partial charge in [0.15, 0.2) is 11.5 Å². The molecule has 1 N–H and O–H groups in total. The van der Waals surface area contributed by atoms with Crippen molar-refractivity contribution in [2.45, 2.75) is 12.8 Å². The van der Waals surface area contributed by atoms with Crippen molar-refractivity contribution >= 4 is 11.7 Å². The molecule has 1 unspecified atom stereocenters. The fraction of sp³-hybridized carbons (Fsp3) is 0.476. The van der Waals surface area contributed by atoms with E-state index < -0.39 is 0 Å². The fourth-order valence-electron chi connectivity index (χ4n) is 4.86. The van der Waals surface area contributed by atoms with Crippen LogP contribution in [0.5, 0.6) is 11.5 Å². The number of ether oxygens (including phenoxy) is 2. The number of aromatic nitrogens is 2. The summed E-state index contributed by atoms with van der Waals surface area (Å²) < 4.78 is 10.7. The third kappa shape index (κ3) is 3.17. The van der Waals surface area contributed by atoms with Crippen molar-refractivity contribution in [2.75, 3.05) is 44.5 Å². The van der Waals surface area contributed by atoms with Gasteiger partial charge < -0.3 is 24.4 Å². The smallest absolute Gasteiger partial charge is 0.253 e. The molecule has 1 aromatic heterocycles. The van der Waals surface area contributed by atoms with E-state index >= 15 is 0 Å². The highest BCUT2D eigenvalue weighted by atomic mass is 16.7. The average Bonchev–Trinajstić information content (AvgIpc) is 3.38. The lowest BCUT2D eigenvalue weighted by Crippen LogP contribution is -2.47. The molecule has 8 heteroatoms. The number of rotatable bonds is 3. The fourth-order valence-corrected chi connectivity index (χ4v) is 4.86. The molecule has 8 nitrogen and oxygen atoms in total. The number of nitrogens with zero attached hydrogens (tertiary/aromatic N) is 4. The van der Waals surface area contributed by atoms with Crippen LogP contribution in [0.1, 0.15) is 23.2 Å². The minimum absolute atomic E-state index is 0.00532. The number of aliphatic hydroxyl groups excluding tert-OH is 1. The third-order valence-electron chi connectivity index (χ3n) is 6.59. The summed E-state index contributed by atoms with van der Waals surface area (Å²) in [5.74, 6) is 2.40. The Labute approximate surface area is 169 Å². The predicted octanol–water partition coefficient (Wildman–Crippen LogP) is 1.56. The van der Waals surface area contributed by atoms with E-state index in [1.165, 1.54) is 0 Å². The topological polar surface area (TPSA) is 88.0 Å². The summed E-state index contributed by atoms with van der Waals surface area (Å²) in [5.41, 5.74) is 0.628. The Morgan fingerprint density at radius 1 is 1.21 bits per heavy atom. The van der Waals surface area contributed by atoms with E-state index in [4.69, 9.17) is 9.47 Å². The first kappa shape index (κ1) is 18.2. The lowest BCUT2D eigenvalue weighted by Gasteiger charge is -2.42. The van der Waals surface area contributed by atoms with Gasteiger partial charge in [-0.1, -0.05) is 0 Å². The number of amides is 1. The number of anilines is 1. The highest BCUT2D eigenvalue weighted by Crippen LogP contribution is 2.45. The lowest BCUT2D eigenvalue weighted by molar-refractivity contribution is 0.0416.